The van der Waals surface area contributed by atoms with Gasteiger partial charge in [0.25, 0.3) is 0 Å². The Morgan fingerprint density at radius 2 is 0.712 bits per heavy atom. The second kappa shape index (κ2) is 42.0. The van der Waals surface area contributed by atoms with E-state index in [2.05, 4.69) is 65.4 Å². The van der Waals surface area contributed by atoms with Crippen LogP contribution in [-0.2, 0) is 28.8 Å². The molecule has 0 fully saturated rings. The molecule has 0 atom stereocenters. The van der Waals surface area contributed by atoms with Gasteiger partial charge >= 0.3 is 23.9 Å². The van der Waals surface area contributed by atoms with E-state index in [1.54, 1.807) is 0 Å². The van der Waals surface area contributed by atoms with Gasteiger partial charge in [-0.1, -0.05) is 208 Å². The van der Waals surface area contributed by atoms with Gasteiger partial charge < -0.3 is 20.1 Å². The van der Waals surface area contributed by atoms with Crippen molar-refractivity contribution in [2.45, 2.75) is 273 Å². The third-order valence-corrected chi connectivity index (χ3v) is 13.0. The average molecular weight is 927 g/mol. The number of benzene rings is 1. The Morgan fingerprint density at radius 3 is 1.08 bits per heavy atom. The molecule has 1 aromatic carbocycles. The number of carbonyl (C=O) groups excluding carboxylic acids is 1. The maximum atomic E-state index is 12.9. The van der Waals surface area contributed by atoms with Crippen molar-refractivity contribution >= 4 is 23.9 Å². The van der Waals surface area contributed by atoms with Crippen LogP contribution in [0.4, 0.5) is 0 Å². The Labute approximate surface area is 405 Å². The van der Waals surface area contributed by atoms with Crippen molar-refractivity contribution in [2.24, 2.45) is 17.8 Å². The van der Waals surface area contributed by atoms with Crippen molar-refractivity contribution in [3.05, 3.63) is 45.5 Å². The molecule has 0 aromatic heterocycles. The highest BCUT2D eigenvalue weighted by Gasteiger charge is 2.32. The fourth-order valence-corrected chi connectivity index (χ4v) is 9.04. The number of rotatable bonds is 42. The quantitative estimate of drug-likeness (QED) is 0.0335. The van der Waals surface area contributed by atoms with Crippen molar-refractivity contribution in [1.29, 1.82) is 0 Å². The third kappa shape index (κ3) is 32.5. The number of methoxy groups -OCH3 is 1. The number of carbonyl (C=O) groups is 4. The lowest BCUT2D eigenvalue weighted by Gasteiger charge is -2.22. The van der Waals surface area contributed by atoms with E-state index in [9.17, 15) is 34.5 Å². The molecule has 0 amide bonds. The first kappa shape index (κ1) is 62.8. The predicted octanol–water partition coefficient (Wildman–Crippen LogP) is 17.6. The molecule has 8 nitrogen and oxygen atoms in total. The van der Waals surface area contributed by atoms with Crippen LogP contribution in [0.5, 0.6) is 0 Å². The Bertz CT molecular complexity index is 1440. The van der Waals surface area contributed by atoms with Crippen molar-refractivity contribution < 1.29 is 39.2 Å². The minimum atomic E-state index is -1.34. The number of carboxylic acid groups (broad SMARTS) is 3. The fourth-order valence-electron chi connectivity index (χ4n) is 9.04. The van der Waals surface area contributed by atoms with E-state index in [0.29, 0.717) is 54.6 Å². The van der Waals surface area contributed by atoms with Crippen LogP contribution in [0.15, 0.2) is 12.2 Å². The highest BCUT2D eigenvalue weighted by molar-refractivity contribution is 6.07. The molecule has 0 bridgehead atoms. The van der Waals surface area contributed by atoms with E-state index >= 15 is 0 Å². The number of allylic oxidation sites excluding steroid dienone is 2. The lowest BCUT2D eigenvalue weighted by atomic mass is 9.80. The van der Waals surface area contributed by atoms with Crippen LogP contribution in [0.2, 0.25) is 0 Å². The maximum absolute atomic E-state index is 12.9. The normalized spacial score (nSPS) is 11.5. The summed E-state index contributed by atoms with van der Waals surface area (Å²) in [6, 6.07) is 0. The Balaban J connectivity index is 0.00000168. The van der Waals surface area contributed by atoms with E-state index in [-0.39, 0.29) is 34.6 Å². The van der Waals surface area contributed by atoms with Gasteiger partial charge in [-0.25, -0.2) is 14.4 Å². The smallest absolute Gasteiger partial charge is 0.336 e. The van der Waals surface area contributed by atoms with Gasteiger partial charge in [0.2, 0.25) is 0 Å². The molecule has 0 unspecified atom stereocenters. The molecule has 0 radical (unpaired) electrons. The first-order valence-electron chi connectivity index (χ1n) is 27.3. The predicted molar refractivity (Wildman–Crippen MR) is 278 cm³/mol. The molecule has 1 aromatic rings. The van der Waals surface area contributed by atoms with Crippen molar-refractivity contribution in [2.75, 3.05) is 7.11 Å². The number of hydrogen-bond acceptors (Lipinski definition) is 5. The lowest BCUT2D eigenvalue weighted by molar-refractivity contribution is -0.140. The summed E-state index contributed by atoms with van der Waals surface area (Å²) in [5.74, 6) is -1.79. The molecule has 0 aliphatic heterocycles. The van der Waals surface area contributed by atoms with Crippen LogP contribution >= 0.6 is 0 Å². The first-order chi connectivity index (χ1) is 31.7. The second-order valence-corrected chi connectivity index (χ2v) is 20.5. The van der Waals surface area contributed by atoms with Crippen molar-refractivity contribution in [3.8, 4) is 0 Å². The molecule has 0 spiro atoms. The van der Waals surface area contributed by atoms with E-state index in [1.807, 2.05) is 0 Å². The van der Waals surface area contributed by atoms with Crippen LogP contribution in [0, 0.1) is 17.8 Å². The minimum Gasteiger partial charge on any atom is -0.478 e. The van der Waals surface area contributed by atoms with Crippen LogP contribution in [0.25, 0.3) is 0 Å². The monoisotopic (exact) mass is 927 g/mol. The highest BCUT2D eigenvalue weighted by atomic mass is 16.5. The van der Waals surface area contributed by atoms with Gasteiger partial charge in [0.15, 0.2) is 0 Å². The first-order valence-corrected chi connectivity index (χ1v) is 27.3. The molecule has 8 heteroatoms. The molecular formula is C58H102O8. The Morgan fingerprint density at radius 1 is 0.409 bits per heavy atom. The molecule has 66 heavy (non-hydrogen) atoms. The van der Waals surface area contributed by atoms with Crippen LogP contribution in [0.3, 0.4) is 0 Å². The summed E-state index contributed by atoms with van der Waals surface area (Å²) < 4.78 is 4.62. The zero-order chi connectivity index (χ0) is 49.4. The largest absolute Gasteiger partial charge is 0.478 e. The fraction of sp³-hybridized carbons (Fsp3) is 0.793. The third-order valence-electron chi connectivity index (χ3n) is 13.0. The van der Waals surface area contributed by atoms with E-state index in [4.69, 9.17) is 0 Å². The number of aromatic carboxylic acids is 3. The standard InChI is InChI=1S/C39H66O6.C19H36O2/c1-28(2)22-16-10-7-13-19-25-31-32(26-20-14-8-11-17-23-29(3)4)35(38(42)43)36(39(44)45)33(34(31)37(40)41)27-21-15-9-12-18-24-30(5)6;1-3-4-5-6-7-8-9-10-11-12-13-14-15-16-17-18-19(20)21-2/h28-30H,7-27H2,1-6H3,(H,40,41)(H,42,43)(H,44,45);10-11H,3-9,12-18H2,1-2H3/b;11-10-. The Hall–Kier alpha value is -3.16. The topological polar surface area (TPSA) is 138 Å². The summed E-state index contributed by atoms with van der Waals surface area (Å²) in [4.78, 5) is 49.2. The molecule has 0 aliphatic rings. The molecule has 0 saturated heterocycles. The van der Waals surface area contributed by atoms with Gasteiger partial charge in [-0.3, -0.25) is 4.79 Å². The van der Waals surface area contributed by atoms with Gasteiger partial charge in [-0.05, 0) is 105 Å². The minimum absolute atomic E-state index is 0.0592. The molecule has 382 valence electrons. The number of hydrogen-bond donors (Lipinski definition) is 3. The molecule has 0 heterocycles. The van der Waals surface area contributed by atoms with Crippen LogP contribution in [0.1, 0.15) is 302 Å². The summed E-state index contributed by atoms with van der Waals surface area (Å²) in [5.41, 5.74) is 0.800. The van der Waals surface area contributed by atoms with Gasteiger partial charge in [-0.2, -0.15) is 0 Å². The van der Waals surface area contributed by atoms with Gasteiger partial charge in [-0.15, -0.1) is 0 Å². The molecule has 3 N–H and O–H groups in total. The zero-order valence-corrected chi connectivity index (χ0v) is 44.0. The second-order valence-electron chi connectivity index (χ2n) is 20.5. The van der Waals surface area contributed by atoms with Gasteiger partial charge in [0.05, 0.1) is 23.8 Å². The van der Waals surface area contributed by atoms with Crippen molar-refractivity contribution in [3.63, 3.8) is 0 Å². The van der Waals surface area contributed by atoms with E-state index in [0.717, 1.165) is 89.9 Å². The summed E-state index contributed by atoms with van der Waals surface area (Å²) >= 11 is 0. The number of carboxylic acids is 3. The summed E-state index contributed by atoms with van der Waals surface area (Å²) in [6.07, 6.45) is 41.5. The summed E-state index contributed by atoms with van der Waals surface area (Å²) in [7, 11) is 1.46. The highest BCUT2D eigenvalue weighted by Crippen LogP contribution is 2.34. The number of esters is 1. The van der Waals surface area contributed by atoms with Gasteiger partial charge in [0.1, 0.15) is 0 Å². The molecule has 0 saturated carbocycles. The average Bonchev–Trinajstić information content (AvgIpc) is 3.26. The molecule has 1 rings (SSSR count). The van der Waals surface area contributed by atoms with E-state index < -0.39 is 17.9 Å². The summed E-state index contributed by atoms with van der Waals surface area (Å²) in [5, 5.41) is 31.3. The SMILES string of the molecule is CC(C)CCCCCCCc1c(CCCCCCCC(C)C)c(C(=O)O)c(C(=O)O)c(CCCCCCCC(C)C)c1C(=O)O.CCCCCCCC/C=C\CCCCCCCC(=O)OC. The zero-order valence-electron chi connectivity index (χ0n) is 44.0. The summed E-state index contributed by atoms with van der Waals surface area (Å²) in [6.45, 7) is 15.6. The lowest BCUT2D eigenvalue weighted by Crippen LogP contribution is -2.22. The van der Waals surface area contributed by atoms with E-state index in [1.165, 1.54) is 110 Å². The Kier molecular flexibility index (Phi) is 40.0. The number of unbranched alkanes of at least 4 members (excludes halogenated alkanes) is 23. The van der Waals surface area contributed by atoms with Crippen molar-refractivity contribution in [1.82, 2.24) is 0 Å². The molecule has 0 aliphatic carbocycles. The molecular weight excluding hydrogens is 825 g/mol. The maximum Gasteiger partial charge on any atom is 0.336 e. The number of ether oxygens (including phenoxy) is 1. The van der Waals surface area contributed by atoms with Crippen LogP contribution < -0.4 is 0 Å². The van der Waals surface area contributed by atoms with Crippen LogP contribution in [-0.4, -0.2) is 46.3 Å². The van der Waals surface area contributed by atoms with Gasteiger partial charge in [0, 0.05) is 6.42 Å².